The molecule has 2 atom stereocenters. The second-order valence-electron chi connectivity index (χ2n) is 8.96. The van der Waals surface area contributed by atoms with E-state index in [0.717, 1.165) is 23.7 Å². The number of hydrogen-bond donors (Lipinski definition) is 0. The van der Waals surface area contributed by atoms with Crippen molar-refractivity contribution in [3.05, 3.63) is 70.8 Å². The highest BCUT2D eigenvalue weighted by Gasteiger charge is 2.22. The number of benzene rings is 2. The molecule has 0 amide bonds. The van der Waals surface area contributed by atoms with Gasteiger partial charge >= 0.3 is 0 Å². The van der Waals surface area contributed by atoms with Crippen LogP contribution >= 0.6 is 0 Å². The zero-order valence-electron chi connectivity index (χ0n) is 17.2. The lowest BCUT2D eigenvalue weighted by Crippen LogP contribution is -2.18. The van der Waals surface area contributed by atoms with E-state index >= 15 is 0 Å². The van der Waals surface area contributed by atoms with Crippen LogP contribution in [0.5, 0.6) is 0 Å². The number of aryl methyl sites for hydroxylation is 2. The maximum absolute atomic E-state index is 2.35. The average molecular weight is 349 g/mol. The highest BCUT2D eigenvalue weighted by Crippen LogP contribution is 2.36. The summed E-state index contributed by atoms with van der Waals surface area (Å²) >= 11 is 0. The molecule has 2 aromatic carbocycles. The Balaban J connectivity index is 0.000000151. The Labute approximate surface area is 161 Å². The van der Waals surface area contributed by atoms with E-state index in [1.807, 2.05) is 0 Å². The van der Waals surface area contributed by atoms with Gasteiger partial charge in [0.1, 0.15) is 0 Å². The van der Waals surface area contributed by atoms with Crippen LogP contribution in [0, 0.1) is 17.8 Å². The van der Waals surface area contributed by atoms with Crippen LogP contribution in [0.1, 0.15) is 75.1 Å². The third-order valence-electron chi connectivity index (χ3n) is 6.55. The van der Waals surface area contributed by atoms with Crippen molar-refractivity contribution in [3.8, 4) is 0 Å². The molecule has 0 nitrogen and oxygen atoms in total. The second kappa shape index (κ2) is 8.89. The van der Waals surface area contributed by atoms with Crippen LogP contribution < -0.4 is 0 Å². The Hall–Kier alpha value is -1.56. The van der Waals surface area contributed by atoms with Crippen LogP contribution in [0.25, 0.3) is 0 Å². The van der Waals surface area contributed by atoms with Crippen molar-refractivity contribution in [3.63, 3.8) is 0 Å². The molecular weight excluding hydrogens is 312 g/mol. The quantitative estimate of drug-likeness (QED) is 0.538. The monoisotopic (exact) mass is 348 g/mol. The zero-order chi connectivity index (χ0) is 18.5. The smallest absolute Gasteiger partial charge is 0.0136 e. The molecule has 0 radical (unpaired) electrons. The Morgan fingerprint density at radius 2 is 1.35 bits per heavy atom. The van der Waals surface area contributed by atoms with Crippen molar-refractivity contribution in [1.29, 1.82) is 0 Å². The third-order valence-corrected chi connectivity index (χ3v) is 6.55. The summed E-state index contributed by atoms with van der Waals surface area (Å²) in [6.45, 7) is 9.37. The Morgan fingerprint density at radius 1 is 0.692 bits per heavy atom. The number of hydrogen-bond acceptors (Lipinski definition) is 0. The molecule has 0 fully saturated rings. The molecule has 0 N–H and O–H groups in total. The molecule has 0 heterocycles. The van der Waals surface area contributed by atoms with Crippen molar-refractivity contribution < 1.29 is 0 Å². The van der Waals surface area contributed by atoms with Gasteiger partial charge in [-0.2, -0.15) is 0 Å². The first-order valence-electron chi connectivity index (χ1n) is 10.7. The largest absolute Gasteiger partial charge is 0.0625 e. The lowest BCUT2D eigenvalue weighted by Gasteiger charge is -2.28. The lowest BCUT2D eigenvalue weighted by atomic mass is 9.77. The number of fused-ring (bicyclic) bond motifs is 2. The topological polar surface area (TPSA) is 0 Å². The predicted molar refractivity (Wildman–Crippen MR) is 114 cm³/mol. The van der Waals surface area contributed by atoms with Crippen LogP contribution in [0.3, 0.4) is 0 Å². The molecule has 0 saturated carbocycles. The van der Waals surface area contributed by atoms with Gasteiger partial charge in [0.15, 0.2) is 0 Å². The van der Waals surface area contributed by atoms with Crippen LogP contribution in [-0.4, -0.2) is 0 Å². The lowest BCUT2D eigenvalue weighted by molar-refractivity contribution is 0.343. The molecule has 0 spiro atoms. The zero-order valence-corrected chi connectivity index (χ0v) is 17.2. The predicted octanol–water partition coefficient (Wildman–Crippen LogP) is 7.21. The first kappa shape index (κ1) is 19.2. The summed E-state index contributed by atoms with van der Waals surface area (Å²) in [5.41, 5.74) is 6.38. The minimum absolute atomic E-state index is 0.793. The van der Waals surface area contributed by atoms with Crippen molar-refractivity contribution in [2.45, 2.75) is 72.1 Å². The molecule has 0 aromatic heterocycles. The first-order valence-corrected chi connectivity index (χ1v) is 10.7. The SMILES string of the molecule is CC(C)C1CCCc2ccccc21.CC(C)C1CCc2ccccc2C1. The Morgan fingerprint density at radius 3 is 2.04 bits per heavy atom. The van der Waals surface area contributed by atoms with E-state index in [4.69, 9.17) is 0 Å². The fourth-order valence-corrected chi connectivity index (χ4v) is 4.78. The van der Waals surface area contributed by atoms with Gasteiger partial charge in [-0.3, -0.25) is 0 Å². The van der Waals surface area contributed by atoms with Gasteiger partial charge in [-0.1, -0.05) is 76.2 Å². The summed E-state index contributed by atoms with van der Waals surface area (Å²) in [7, 11) is 0. The van der Waals surface area contributed by atoms with Crippen molar-refractivity contribution in [1.82, 2.24) is 0 Å². The van der Waals surface area contributed by atoms with Gasteiger partial charge in [0.2, 0.25) is 0 Å². The molecule has 2 aliphatic carbocycles. The standard InChI is InChI=1S/2C13H18/c1-10(2)12-9-5-7-11-6-3-4-8-13(11)12;1-10(2)12-8-7-11-5-3-4-6-13(11)9-12/h3-4,6,8,10,12H,5,7,9H2,1-2H3;3-6,10,12H,7-9H2,1-2H3. The van der Waals surface area contributed by atoms with Crippen molar-refractivity contribution in [2.75, 3.05) is 0 Å². The first-order chi connectivity index (χ1) is 12.6. The minimum atomic E-state index is 0.793. The molecule has 0 aliphatic heterocycles. The molecular formula is C26H36. The van der Waals surface area contributed by atoms with Gasteiger partial charge < -0.3 is 0 Å². The van der Waals surface area contributed by atoms with Crippen LogP contribution in [-0.2, 0) is 19.3 Å². The van der Waals surface area contributed by atoms with Gasteiger partial charge in [-0.15, -0.1) is 0 Å². The average Bonchev–Trinajstić information content (AvgIpc) is 2.67. The summed E-state index contributed by atoms with van der Waals surface area (Å²) in [4.78, 5) is 0. The van der Waals surface area contributed by atoms with Crippen LogP contribution in [0.15, 0.2) is 48.5 Å². The fourth-order valence-electron chi connectivity index (χ4n) is 4.78. The van der Waals surface area contributed by atoms with Crippen LogP contribution in [0.4, 0.5) is 0 Å². The highest BCUT2D eigenvalue weighted by atomic mass is 14.3. The maximum Gasteiger partial charge on any atom is -0.0136 e. The molecule has 2 aromatic rings. The molecule has 2 unspecified atom stereocenters. The van der Waals surface area contributed by atoms with Crippen molar-refractivity contribution >= 4 is 0 Å². The second-order valence-corrected chi connectivity index (χ2v) is 8.96. The summed E-state index contributed by atoms with van der Waals surface area (Å²) < 4.78 is 0. The number of rotatable bonds is 2. The highest BCUT2D eigenvalue weighted by molar-refractivity contribution is 5.33. The van der Waals surface area contributed by atoms with Gasteiger partial charge in [0.05, 0.1) is 0 Å². The summed E-state index contributed by atoms with van der Waals surface area (Å²) in [6, 6.07) is 17.9. The maximum atomic E-state index is 2.35. The fraction of sp³-hybridized carbons (Fsp3) is 0.538. The Bertz CT molecular complexity index is 695. The van der Waals surface area contributed by atoms with Gasteiger partial charge in [0, 0.05) is 0 Å². The summed E-state index contributed by atoms with van der Waals surface area (Å²) in [5.74, 6) is 3.36. The molecule has 4 rings (SSSR count). The van der Waals surface area contributed by atoms with E-state index in [0.29, 0.717) is 0 Å². The molecule has 140 valence electrons. The van der Waals surface area contributed by atoms with E-state index in [1.165, 1.54) is 38.5 Å². The molecule has 0 bridgehead atoms. The molecule has 2 aliphatic rings. The molecule has 0 saturated heterocycles. The Kier molecular flexibility index (Phi) is 6.57. The third kappa shape index (κ3) is 4.58. The van der Waals surface area contributed by atoms with E-state index in [9.17, 15) is 0 Å². The van der Waals surface area contributed by atoms with E-state index in [2.05, 4.69) is 76.2 Å². The van der Waals surface area contributed by atoms with E-state index < -0.39 is 0 Å². The van der Waals surface area contributed by atoms with Gasteiger partial charge in [-0.25, -0.2) is 0 Å². The van der Waals surface area contributed by atoms with Gasteiger partial charge in [-0.05, 0) is 84.5 Å². The van der Waals surface area contributed by atoms with Gasteiger partial charge in [0.25, 0.3) is 0 Å². The normalized spacial score (nSPS) is 21.6. The van der Waals surface area contributed by atoms with Crippen molar-refractivity contribution in [2.24, 2.45) is 17.8 Å². The summed E-state index contributed by atoms with van der Waals surface area (Å²) in [5, 5.41) is 0. The minimum Gasteiger partial charge on any atom is -0.0625 e. The van der Waals surface area contributed by atoms with E-state index in [-0.39, 0.29) is 0 Å². The molecule has 26 heavy (non-hydrogen) atoms. The molecule has 0 heteroatoms. The van der Waals surface area contributed by atoms with E-state index in [1.54, 1.807) is 22.3 Å². The summed E-state index contributed by atoms with van der Waals surface area (Å²) in [6.07, 6.45) is 8.02. The van der Waals surface area contributed by atoms with Crippen LogP contribution in [0.2, 0.25) is 0 Å².